The van der Waals surface area contributed by atoms with Crippen LogP contribution >= 0.6 is 0 Å². The highest BCUT2D eigenvalue weighted by Gasteiger charge is 2.42. The minimum atomic E-state index is -0.150. The molecule has 6 heteroatoms. The zero-order valence-corrected chi connectivity index (χ0v) is 22.8. The van der Waals surface area contributed by atoms with Crippen LogP contribution in [0.4, 0.5) is 0 Å². The van der Waals surface area contributed by atoms with Crippen molar-refractivity contribution in [2.75, 3.05) is 34.4 Å². The molecule has 0 aromatic heterocycles. The topological polar surface area (TPSA) is 69.9 Å². The Balaban J connectivity index is 1.67. The standard InChI is InChI=1S/C31H43NO5/c1-31(25-14-16-26(17-15-25)36-23-33-2)22-35-30-21-27(37-24-34-3)18-19-28(30)29(31)13-11-9-7-5-4-6-8-10-12-20-32/h14-19,21,29H,4-13,22-24H2,1-3H3. The van der Waals surface area contributed by atoms with Crippen molar-refractivity contribution in [1.82, 2.24) is 0 Å². The van der Waals surface area contributed by atoms with Crippen molar-refractivity contribution in [2.45, 2.75) is 82.5 Å². The quantitative estimate of drug-likeness (QED) is 0.162. The second kappa shape index (κ2) is 15.5. The Hall–Kier alpha value is -2.75. The lowest BCUT2D eigenvalue weighted by molar-refractivity contribution is 0.0505. The molecule has 2 aromatic rings. The van der Waals surface area contributed by atoms with Gasteiger partial charge in [-0.15, -0.1) is 0 Å². The Bertz CT molecular complexity index is 971. The van der Waals surface area contributed by atoms with Gasteiger partial charge in [0.2, 0.25) is 0 Å². The van der Waals surface area contributed by atoms with E-state index >= 15 is 0 Å². The first kappa shape index (κ1) is 28.8. The molecule has 1 aliphatic rings. The molecule has 2 atom stereocenters. The van der Waals surface area contributed by atoms with E-state index in [-0.39, 0.29) is 19.0 Å². The van der Waals surface area contributed by atoms with Crippen molar-refractivity contribution >= 4 is 0 Å². The number of hydrogen-bond donors (Lipinski definition) is 0. The van der Waals surface area contributed by atoms with Crippen LogP contribution in [0.3, 0.4) is 0 Å². The van der Waals surface area contributed by atoms with Crippen molar-refractivity contribution in [3.8, 4) is 23.3 Å². The van der Waals surface area contributed by atoms with Crippen molar-refractivity contribution < 1.29 is 23.7 Å². The fourth-order valence-electron chi connectivity index (χ4n) is 5.25. The first-order chi connectivity index (χ1) is 18.1. The minimum Gasteiger partial charge on any atom is -0.492 e. The molecule has 3 rings (SSSR count). The van der Waals surface area contributed by atoms with E-state index in [0.29, 0.717) is 18.9 Å². The van der Waals surface area contributed by atoms with Gasteiger partial charge < -0.3 is 23.7 Å². The van der Waals surface area contributed by atoms with E-state index in [1.807, 2.05) is 24.3 Å². The van der Waals surface area contributed by atoms with Gasteiger partial charge in [-0.25, -0.2) is 0 Å². The first-order valence-electron chi connectivity index (χ1n) is 13.6. The van der Waals surface area contributed by atoms with Crippen molar-refractivity contribution in [3.63, 3.8) is 0 Å². The molecule has 0 amide bonds. The molecule has 0 saturated heterocycles. The molecule has 37 heavy (non-hydrogen) atoms. The number of nitrogens with zero attached hydrogens (tertiary/aromatic N) is 1. The normalized spacial score (nSPS) is 18.5. The summed E-state index contributed by atoms with van der Waals surface area (Å²) >= 11 is 0. The number of methoxy groups -OCH3 is 2. The number of hydrogen-bond acceptors (Lipinski definition) is 6. The van der Waals surface area contributed by atoms with E-state index in [2.05, 4.69) is 31.2 Å². The minimum absolute atomic E-state index is 0.150. The molecule has 0 fully saturated rings. The molecule has 1 heterocycles. The molecule has 202 valence electrons. The van der Waals surface area contributed by atoms with Crippen molar-refractivity contribution in [1.29, 1.82) is 5.26 Å². The molecule has 0 N–H and O–H groups in total. The molecule has 2 aromatic carbocycles. The molecule has 2 unspecified atom stereocenters. The molecule has 0 bridgehead atoms. The second-order valence-corrected chi connectivity index (χ2v) is 10.1. The summed E-state index contributed by atoms with van der Waals surface area (Å²) in [4.78, 5) is 0. The highest BCUT2D eigenvalue weighted by molar-refractivity contribution is 5.48. The Labute approximate surface area is 222 Å². The van der Waals surface area contributed by atoms with E-state index in [1.54, 1.807) is 14.2 Å². The molecule has 0 radical (unpaired) electrons. The molecular formula is C31H43NO5. The molecule has 1 aliphatic heterocycles. The third kappa shape index (κ3) is 8.38. The first-order valence-corrected chi connectivity index (χ1v) is 13.6. The zero-order valence-electron chi connectivity index (χ0n) is 22.8. The van der Waals surface area contributed by atoms with E-state index in [4.69, 9.17) is 28.9 Å². The summed E-state index contributed by atoms with van der Waals surface area (Å²) in [6.07, 6.45) is 11.5. The van der Waals surface area contributed by atoms with Gasteiger partial charge in [-0.2, -0.15) is 5.26 Å². The van der Waals surface area contributed by atoms with Gasteiger partial charge in [0, 0.05) is 38.0 Å². The summed E-state index contributed by atoms with van der Waals surface area (Å²) in [7, 11) is 3.25. The molecule has 0 saturated carbocycles. The number of benzene rings is 2. The average Bonchev–Trinajstić information content (AvgIpc) is 2.93. The van der Waals surface area contributed by atoms with E-state index in [0.717, 1.165) is 30.1 Å². The Morgan fingerprint density at radius 3 is 2.08 bits per heavy atom. The van der Waals surface area contributed by atoms with Gasteiger partial charge in [0.1, 0.15) is 17.2 Å². The van der Waals surface area contributed by atoms with Gasteiger partial charge in [-0.1, -0.05) is 70.1 Å². The summed E-state index contributed by atoms with van der Waals surface area (Å²) in [5.41, 5.74) is 2.35. The van der Waals surface area contributed by atoms with Gasteiger partial charge in [0.25, 0.3) is 0 Å². The van der Waals surface area contributed by atoms with Gasteiger partial charge in [0.15, 0.2) is 13.6 Å². The maximum absolute atomic E-state index is 8.66. The number of fused-ring (bicyclic) bond motifs is 1. The lowest BCUT2D eigenvalue weighted by Crippen LogP contribution is -2.40. The zero-order chi connectivity index (χ0) is 26.3. The fourth-order valence-corrected chi connectivity index (χ4v) is 5.25. The van der Waals surface area contributed by atoms with Crippen molar-refractivity contribution in [2.24, 2.45) is 0 Å². The lowest BCUT2D eigenvalue weighted by atomic mass is 9.66. The van der Waals surface area contributed by atoms with E-state index < -0.39 is 0 Å². The van der Waals surface area contributed by atoms with Gasteiger partial charge >= 0.3 is 0 Å². The Kier molecular flexibility index (Phi) is 12.1. The highest BCUT2D eigenvalue weighted by atomic mass is 16.7. The predicted molar refractivity (Wildman–Crippen MR) is 145 cm³/mol. The summed E-state index contributed by atoms with van der Waals surface area (Å²) in [5.74, 6) is 2.81. The van der Waals surface area contributed by atoms with Crippen LogP contribution in [0.15, 0.2) is 42.5 Å². The SMILES string of the molecule is COCOc1ccc(C2(C)COc3cc(OCOC)ccc3C2CCCCCCCCCCC#N)cc1. The average molecular weight is 510 g/mol. The van der Waals surface area contributed by atoms with Crippen LogP contribution < -0.4 is 14.2 Å². The fraction of sp³-hybridized carbons (Fsp3) is 0.581. The van der Waals surface area contributed by atoms with Gasteiger partial charge in [-0.05, 0) is 42.2 Å². The maximum Gasteiger partial charge on any atom is 0.188 e. The maximum atomic E-state index is 8.66. The van der Waals surface area contributed by atoms with Gasteiger partial charge in [0.05, 0.1) is 12.7 Å². The number of ether oxygens (including phenoxy) is 5. The molecule has 0 aliphatic carbocycles. The van der Waals surface area contributed by atoms with Crippen LogP contribution in [0.1, 0.15) is 88.2 Å². The predicted octanol–water partition coefficient (Wildman–Crippen LogP) is 7.51. The summed E-state index contributed by atoms with van der Waals surface area (Å²) < 4.78 is 27.7. The Morgan fingerprint density at radius 1 is 0.838 bits per heavy atom. The van der Waals surface area contributed by atoms with Crippen molar-refractivity contribution in [3.05, 3.63) is 53.6 Å². The lowest BCUT2D eigenvalue weighted by Gasteiger charge is -2.43. The van der Waals surface area contributed by atoms with Crippen LogP contribution in [-0.2, 0) is 14.9 Å². The number of nitriles is 1. The monoisotopic (exact) mass is 509 g/mol. The molecular weight excluding hydrogens is 466 g/mol. The summed E-state index contributed by atoms with van der Waals surface area (Å²) in [5, 5.41) is 8.66. The second-order valence-electron chi connectivity index (χ2n) is 10.1. The van der Waals surface area contributed by atoms with E-state index in [9.17, 15) is 0 Å². The number of unbranched alkanes of at least 4 members (excludes halogenated alkanes) is 8. The van der Waals surface area contributed by atoms with Crippen LogP contribution in [-0.4, -0.2) is 34.4 Å². The van der Waals surface area contributed by atoms with Gasteiger partial charge in [-0.3, -0.25) is 0 Å². The van der Waals surface area contributed by atoms with Crippen LogP contribution in [0.5, 0.6) is 17.2 Å². The summed E-state index contributed by atoms with van der Waals surface area (Å²) in [6, 6.07) is 16.8. The van der Waals surface area contributed by atoms with Crippen LogP contribution in [0.25, 0.3) is 0 Å². The molecule has 0 spiro atoms. The highest BCUT2D eigenvalue weighted by Crippen LogP contribution is 2.50. The van der Waals surface area contributed by atoms with E-state index in [1.165, 1.54) is 56.1 Å². The van der Waals surface area contributed by atoms with Crippen LogP contribution in [0.2, 0.25) is 0 Å². The number of rotatable bonds is 17. The molecule has 6 nitrogen and oxygen atoms in total. The third-order valence-corrected chi connectivity index (χ3v) is 7.39. The largest absolute Gasteiger partial charge is 0.492 e. The summed E-state index contributed by atoms with van der Waals surface area (Å²) in [6.45, 7) is 3.39. The third-order valence-electron chi connectivity index (χ3n) is 7.39. The smallest absolute Gasteiger partial charge is 0.188 e. The van der Waals surface area contributed by atoms with Crippen LogP contribution in [0, 0.1) is 11.3 Å². The Morgan fingerprint density at radius 2 is 1.43 bits per heavy atom.